The second kappa shape index (κ2) is 9.16. The molecule has 2 heterocycles. The zero-order valence-corrected chi connectivity index (χ0v) is 19.6. The van der Waals surface area contributed by atoms with Crippen LogP contribution in [0, 0.1) is 0 Å². The largest absolute Gasteiger partial charge is 0.372 e. The SMILES string of the molecule is CCSc1n[n+]2c(c(=O)[nH]1)-c1ccccc1N(C(C)=O)[C@@H]2c1ccc(N(CC)CC)cc1. The molecule has 2 aromatic carbocycles. The average Bonchev–Trinajstić information content (AvgIpc) is 2.79. The Bertz CT molecular complexity index is 1190. The number of hydrogen-bond acceptors (Lipinski definition) is 5. The highest BCUT2D eigenvalue weighted by Gasteiger charge is 2.44. The van der Waals surface area contributed by atoms with Crippen molar-refractivity contribution in [2.24, 2.45) is 0 Å². The highest BCUT2D eigenvalue weighted by molar-refractivity contribution is 7.99. The molecule has 1 aromatic heterocycles. The molecule has 1 N–H and O–H groups in total. The molecule has 0 saturated heterocycles. The van der Waals surface area contributed by atoms with Gasteiger partial charge in [0.2, 0.25) is 11.1 Å². The van der Waals surface area contributed by atoms with E-state index in [9.17, 15) is 9.59 Å². The van der Waals surface area contributed by atoms with E-state index < -0.39 is 6.17 Å². The molecule has 1 aliphatic heterocycles. The number of aromatic nitrogens is 3. The molecule has 0 spiro atoms. The number of nitrogens with one attached hydrogen (secondary N) is 1. The monoisotopic (exact) mass is 450 g/mol. The summed E-state index contributed by atoms with van der Waals surface area (Å²) in [6, 6.07) is 15.7. The van der Waals surface area contributed by atoms with Crippen LogP contribution < -0.4 is 20.0 Å². The van der Waals surface area contributed by atoms with Crippen LogP contribution in [-0.4, -0.2) is 34.8 Å². The lowest BCUT2D eigenvalue weighted by Gasteiger charge is -2.31. The van der Waals surface area contributed by atoms with Crippen LogP contribution in [-0.2, 0) is 4.79 Å². The third-order valence-corrected chi connectivity index (χ3v) is 6.44. The first-order valence-electron chi connectivity index (χ1n) is 10.9. The number of anilines is 2. The number of amides is 1. The molecule has 1 amide bonds. The van der Waals surface area contributed by atoms with Crippen LogP contribution in [0.5, 0.6) is 0 Å². The van der Waals surface area contributed by atoms with Gasteiger partial charge in [-0.15, -0.1) is 0 Å². The van der Waals surface area contributed by atoms with Crippen molar-refractivity contribution in [3.8, 4) is 11.3 Å². The predicted molar refractivity (Wildman–Crippen MR) is 128 cm³/mol. The van der Waals surface area contributed by atoms with E-state index >= 15 is 0 Å². The topological polar surface area (TPSA) is 73.2 Å². The van der Waals surface area contributed by atoms with Crippen LogP contribution >= 0.6 is 11.8 Å². The van der Waals surface area contributed by atoms with Crippen molar-refractivity contribution in [3.63, 3.8) is 0 Å². The smallest absolute Gasteiger partial charge is 0.325 e. The van der Waals surface area contributed by atoms with Gasteiger partial charge in [-0.05, 0) is 60.7 Å². The van der Waals surface area contributed by atoms with Gasteiger partial charge in [0, 0.05) is 36.4 Å². The van der Waals surface area contributed by atoms with Gasteiger partial charge in [-0.1, -0.05) is 30.8 Å². The van der Waals surface area contributed by atoms with Crippen molar-refractivity contribution < 1.29 is 9.48 Å². The van der Waals surface area contributed by atoms with Crippen LogP contribution in [0.1, 0.15) is 39.4 Å². The van der Waals surface area contributed by atoms with Gasteiger partial charge in [0.15, 0.2) is 0 Å². The number of aromatic amines is 1. The van der Waals surface area contributed by atoms with E-state index in [-0.39, 0.29) is 11.5 Å². The molecule has 32 heavy (non-hydrogen) atoms. The number of carbonyl (C=O) groups excluding carboxylic acids is 1. The average molecular weight is 451 g/mol. The van der Waals surface area contributed by atoms with E-state index in [1.54, 1.807) is 16.5 Å². The Hall–Kier alpha value is -3.13. The summed E-state index contributed by atoms with van der Waals surface area (Å²) in [6.07, 6.45) is -0.554. The Labute approximate surface area is 192 Å². The van der Waals surface area contributed by atoms with Crippen molar-refractivity contribution in [2.45, 2.75) is 39.0 Å². The molecular weight excluding hydrogens is 422 g/mol. The summed E-state index contributed by atoms with van der Waals surface area (Å²) in [5.74, 6) is 0.665. The number of rotatable bonds is 6. The number of nitrogens with zero attached hydrogens (tertiary/aromatic N) is 4. The summed E-state index contributed by atoms with van der Waals surface area (Å²) >= 11 is 1.47. The molecule has 7 nitrogen and oxygen atoms in total. The lowest BCUT2D eigenvalue weighted by atomic mass is 10.0. The standard InChI is InChI=1S/C24H27N5O2S/c1-5-27(6-2)18-14-12-17(13-15-18)23-28(16(4)30)20-11-9-8-10-19(20)21-22(31)25-24(32-7-3)26-29(21)23/h8-15,23H,5-7H2,1-4H3/p+1/t23-/m0/s1. The van der Waals surface area contributed by atoms with E-state index in [1.165, 1.54) is 11.8 Å². The molecule has 166 valence electrons. The summed E-state index contributed by atoms with van der Waals surface area (Å²) < 4.78 is 1.70. The quantitative estimate of drug-likeness (QED) is 0.459. The van der Waals surface area contributed by atoms with Crippen LogP contribution in [0.15, 0.2) is 58.5 Å². The first-order chi connectivity index (χ1) is 15.5. The van der Waals surface area contributed by atoms with Crippen molar-refractivity contribution in [2.75, 3.05) is 28.6 Å². The molecule has 0 bridgehead atoms. The summed E-state index contributed by atoms with van der Waals surface area (Å²) in [5.41, 5.74) is 3.66. The fraction of sp³-hybridized carbons (Fsp3) is 0.333. The lowest BCUT2D eigenvalue weighted by molar-refractivity contribution is -0.763. The maximum atomic E-state index is 13.2. The second-order valence-electron chi connectivity index (χ2n) is 7.53. The first-order valence-corrected chi connectivity index (χ1v) is 11.9. The molecule has 3 aromatic rings. The van der Waals surface area contributed by atoms with Crippen LogP contribution in [0.3, 0.4) is 0 Å². The van der Waals surface area contributed by atoms with E-state index in [1.807, 2.05) is 43.3 Å². The lowest BCUT2D eigenvalue weighted by Crippen LogP contribution is -2.60. The molecule has 8 heteroatoms. The zero-order valence-electron chi connectivity index (χ0n) is 18.8. The van der Waals surface area contributed by atoms with Gasteiger partial charge < -0.3 is 4.90 Å². The molecule has 0 fully saturated rings. The molecule has 0 radical (unpaired) electrons. The zero-order chi connectivity index (χ0) is 22.8. The third kappa shape index (κ3) is 3.79. The van der Waals surface area contributed by atoms with Crippen molar-refractivity contribution >= 4 is 29.0 Å². The normalized spacial score (nSPS) is 14.6. The van der Waals surface area contributed by atoms with Gasteiger partial charge in [0.05, 0.1) is 11.3 Å². The van der Waals surface area contributed by atoms with E-state index in [0.717, 1.165) is 30.1 Å². The highest BCUT2D eigenvalue weighted by atomic mass is 32.2. The number of fused-ring (bicyclic) bond motifs is 3. The first kappa shape index (κ1) is 22.1. The van der Waals surface area contributed by atoms with Crippen molar-refractivity contribution in [1.29, 1.82) is 0 Å². The van der Waals surface area contributed by atoms with Gasteiger partial charge >= 0.3 is 11.3 Å². The Morgan fingerprint density at radius 2 is 1.81 bits per heavy atom. The van der Waals surface area contributed by atoms with E-state index in [2.05, 4.69) is 35.9 Å². The predicted octanol–water partition coefficient (Wildman–Crippen LogP) is 3.60. The van der Waals surface area contributed by atoms with Gasteiger partial charge in [0.25, 0.3) is 6.17 Å². The minimum atomic E-state index is -0.554. The number of carbonyl (C=O) groups is 1. The molecule has 1 atom stereocenters. The fourth-order valence-corrected chi connectivity index (χ4v) is 4.84. The Kier molecular flexibility index (Phi) is 6.32. The minimum absolute atomic E-state index is 0.111. The van der Waals surface area contributed by atoms with Crippen LogP contribution in [0.4, 0.5) is 11.4 Å². The molecule has 0 unspecified atom stereocenters. The van der Waals surface area contributed by atoms with Gasteiger partial charge in [-0.2, -0.15) is 0 Å². The minimum Gasteiger partial charge on any atom is -0.372 e. The number of H-pyrrole nitrogens is 1. The van der Waals surface area contributed by atoms with Crippen molar-refractivity contribution in [3.05, 3.63) is 64.4 Å². The molecule has 0 aliphatic carbocycles. The van der Waals surface area contributed by atoms with Gasteiger partial charge in [-0.3, -0.25) is 14.6 Å². The molecule has 1 aliphatic rings. The summed E-state index contributed by atoms with van der Waals surface area (Å²) in [7, 11) is 0. The highest BCUT2D eigenvalue weighted by Crippen LogP contribution is 2.37. The molecular formula is C24H28N5O2S+. The third-order valence-electron chi connectivity index (χ3n) is 5.70. The second-order valence-corrected chi connectivity index (χ2v) is 8.78. The summed E-state index contributed by atoms with van der Waals surface area (Å²) in [5, 5.41) is 5.30. The van der Waals surface area contributed by atoms with Crippen molar-refractivity contribution in [1.82, 2.24) is 10.1 Å². The maximum Gasteiger partial charge on any atom is 0.325 e. The maximum absolute atomic E-state index is 13.2. The fourth-order valence-electron chi connectivity index (χ4n) is 4.26. The summed E-state index contributed by atoms with van der Waals surface area (Å²) in [4.78, 5) is 32.9. The van der Waals surface area contributed by atoms with E-state index in [4.69, 9.17) is 5.10 Å². The number of hydrogen-bond donors (Lipinski definition) is 1. The Morgan fingerprint density at radius 1 is 1.12 bits per heavy atom. The van der Waals surface area contributed by atoms with E-state index in [0.29, 0.717) is 22.1 Å². The number of benzene rings is 2. The van der Waals surface area contributed by atoms with Crippen LogP contribution in [0.2, 0.25) is 0 Å². The number of thioether (sulfide) groups is 1. The van der Waals surface area contributed by atoms with Gasteiger partial charge in [-0.25, -0.2) is 4.90 Å². The number of para-hydroxylation sites is 1. The molecule has 4 rings (SSSR count). The van der Waals surface area contributed by atoms with Crippen LogP contribution in [0.25, 0.3) is 11.3 Å². The molecule has 0 saturated carbocycles. The Morgan fingerprint density at radius 3 is 2.44 bits per heavy atom. The Balaban J connectivity index is 1.95. The van der Waals surface area contributed by atoms with Gasteiger partial charge in [0.1, 0.15) is 0 Å². The summed E-state index contributed by atoms with van der Waals surface area (Å²) in [6.45, 7) is 9.64.